The molecule has 5 heteroatoms. The molecule has 2 aromatic rings. The molecule has 5 nitrogen and oxygen atoms in total. The van der Waals surface area contributed by atoms with Crippen LogP contribution in [-0.2, 0) is 15.9 Å². The maximum atomic E-state index is 11.5. The van der Waals surface area contributed by atoms with Crippen LogP contribution in [0.1, 0.15) is 15.9 Å². The van der Waals surface area contributed by atoms with Gasteiger partial charge in [-0.2, -0.15) is 0 Å². The number of aromatic amines is 1. The van der Waals surface area contributed by atoms with E-state index in [4.69, 9.17) is 9.47 Å². The Morgan fingerprint density at radius 1 is 1.50 bits per heavy atom. The molecule has 1 aliphatic rings. The highest BCUT2D eigenvalue weighted by Crippen LogP contribution is 2.21. The first-order valence-corrected chi connectivity index (χ1v) is 6.77. The van der Waals surface area contributed by atoms with Gasteiger partial charge in [-0.3, -0.25) is 0 Å². The van der Waals surface area contributed by atoms with Crippen LogP contribution < -0.4 is 5.32 Å². The number of hydrogen-bond acceptors (Lipinski definition) is 4. The molecule has 1 aromatic heterocycles. The van der Waals surface area contributed by atoms with Crippen molar-refractivity contribution < 1.29 is 14.3 Å². The molecule has 106 valence electrons. The van der Waals surface area contributed by atoms with Crippen LogP contribution in [0.3, 0.4) is 0 Å². The smallest absolute Gasteiger partial charge is 0.337 e. The van der Waals surface area contributed by atoms with E-state index in [1.54, 1.807) is 6.07 Å². The lowest BCUT2D eigenvalue weighted by Gasteiger charge is -2.23. The molecule has 0 bridgehead atoms. The number of aromatic nitrogens is 1. The van der Waals surface area contributed by atoms with Gasteiger partial charge in [0.05, 0.1) is 25.9 Å². The molecule has 2 heterocycles. The zero-order valence-corrected chi connectivity index (χ0v) is 11.4. The lowest BCUT2D eigenvalue weighted by molar-refractivity contribution is 0.0601. The molecular formula is C15H18N2O3. The molecule has 2 N–H and O–H groups in total. The normalized spacial score (nSPS) is 19.1. The van der Waals surface area contributed by atoms with Crippen LogP contribution in [0.5, 0.6) is 0 Å². The molecule has 1 saturated heterocycles. The van der Waals surface area contributed by atoms with Gasteiger partial charge < -0.3 is 19.8 Å². The fourth-order valence-corrected chi connectivity index (χ4v) is 2.62. The molecule has 0 aliphatic carbocycles. The van der Waals surface area contributed by atoms with Gasteiger partial charge in [0, 0.05) is 29.7 Å². The second-order valence-electron chi connectivity index (χ2n) is 5.00. The van der Waals surface area contributed by atoms with Crippen molar-refractivity contribution in [1.82, 2.24) is 10.3 Å². The maximum absolute atomic E-state index is 11.5. The highest BCUT2D eigenvalue weighted by molar-refractivity contribution is 5.95. The number of ether oxygens (including phenoxy) is 2. The van der Waals surface area contributed by atoms with Crippen LogP contribution in [0.25, 0.3) is 10.9 Å². The number of H-pyrrole nitrogens is 1. The van der Waals surface area contributed by atoms with Crippen LogP contribution >= 0.6 is 0 Å². The number of rotatable bonds is 3. The monoisotopic (exact) mass is 274 g/mol. The van der Waals surface area contributed by atoms with Crippen LogP contribution in [-0.4, -0.2) is 43.9 Å². The Kier molecular flexibility index (Phi) is 3.71. The van der Waals surface area contributed by atoms with Gasteiger partial charge in [-0.1, -0.05) is 6.07 Å². The minimum Gasteiger partial charge on any atom is -0.465 e. The van der Waals surface area contributed by atoms with Crippen molar-refractivity contribution in [2.24, 2.45) is 0 Å². The second-order valence-corrected chi connectivity index (χ2v) is 5.00. The van der Waals surface area contributed by atoms with Crippen molar-refractivity contribution in [1.29, 1.82) is 0 Å². The first kappa shape index (κ1) is 13.1. The molecule has 1 aliphatic heterocycles. The number of fused-ring (bicyclic) bond motifs is 1. The summed E-state index contributed by atoms with van der Waals surface area (Å²) in [5.41, 5.74) is 2.76. The van der Waals surface area contributed by atoms with Gasteiger partial charge in [0.1, 0.15) is 0 Å². The predicted molar refractivity (Wildman–Crippen MR) is 76.0 cm³/mol. The molecule has 1 atom stereocenters. The molecule has 0 saturated carbocycles. The van der Waals surface area contributed by atoms with Crippen molar-refractivity contribution in [2.75, 3.05) is 26.9 Å². The Hall–Kier alpha value is -1.85. The molecule has 1 aromatic carbocycles. The minimum atomic E-state index is -0.314. The summed E-state index contributed by atoms with van der Waals surface area (Å²) in [4.78, 5) is 14.7. The molecule has 3 rings (SSSR count). The van der Waals surface area contributed by atoms with Crippen molar-refractivity contribution in [2.45, 2.75) is 12.5 Å². The zero-order chi connectivity index (χ0) is 13.9. The highest BCUT2D eigenvalue weighted by atomic mass is 16.5. The summed E-state index contributed by atoms with van der Waals surface area (Å²) in [5, 5.41) is 4.59. The fourth-order valence-electron chi connectivity index (χ4n) is 2.62. The number of benzene rings is 1. The van der Waals surface area contributed by atoms with E-state index in [1.807, 2.05) is 18.3 Å². The maximum Gasteiger partial charge on any atom is 0.337 e. The van der Waals surface area contributed by atoms with E-state index in [-0.39, 0.29) is 5.97 Å². The van der Waals surface area contributed by atoms with E-state index in [0.717, 1.165) is 37.1 Å². The van der Waals surface area contributed by atoms with E-state index in [1.165, 1.54) is 12.7 Å². The molecule has 1 fully saturated rings. The lowest BCUT2D eigenvalue weighted by Crippen LogP contribution is -2.42. The topological polar surface area (TPSA) is 63.4 Å². The number of carbonyl (C=O) groups is 1. The van der Waals surface area contributed by atoms with E-state index >= 15 is 0 Å². The first-order valence-electron chi connectivity index (χ1n) is 6.77. The molecule has 0 amide bonds. The summed E-state index contributed by atoms with van der Waals surface area (Å²) in [5.74, 6) is -0.314. The SMILES string of the molecule is COC(=O)c1ccc2c(C[C@H]3COCCN3)c[nH]c2c1. The first-order chi connectivity index (χ1) is 9.78. The summed E-state index contributed by atoms with van der Waals surface area (Å²) in [6.07, 6.45) is 2.92. The lowest BCUT2D eigenvalue weighted by atomic mass is 10.0. The standard InChI is InChI=1S/C15H18N2O3/c1-19-15(18)10-2-3-13-11(8-17-14(13)7-10)6-12-9-20-5-4-16-12/h2-3,7-8,12,16-17H,4-6,9H2,1H3/t12-/m0/s1. The van der Waals surface area contributed by atoms with Crippen LogP contribution in [0, 0.1) is 0 Å². The summed E-state index contributed by atoms with van der Waals surface area (Å²) >= 11 is 0. The predicted octanol–water partition coefficient (Wildman–Crippen LogP) is 1.49. The van der Waals surface area contributed by atoms with Crippen molar-refractivity contribution >= 4 is 16.9 Å². The number of esters is 1. The Labute approximate surface area is 117 Å². The van der Waals surface area contributed by atoms with Gasteiger partial charge in [-0.25, -0.2) is 4.79 Å². The number of carbonyl (C=O) groups excluding carboxylic acids is 1. The molecule has 0 radical (unpaired) electrons. The van der Waals surface area contributed by atoms with Crippen molar-refractivity contribution in [3.63, 3.8) is 0 Å². The quantitative estimate of drug-likeness (QED) is 0.832. The van der Waals surface area contributed by atoms with Gasteiger partial charge in [-0.15, -0.1) is 0 Å². The molecule has 0 spiro atoms. The molecular weight excluding hydrogens is 256 g/mol. The third-order valence-electron chi connectivity index (χ3n) is 3.65. The van der Waals surface area contributed by atoms with E-state index in [9.17, 15) is 4.79 Å². The summed E-state index contributed by atoms with van der Waals surface area (Å²) < 4.78 is 10.2. The van der Waals surface area contributed by atoms with E-state index < -0.39 is 0 Å². The van der Waals surface area contributed by atoms with E-state index in [0.29, 0.717) is 11.6 Å². The summed E-state index contributed by atoms with van der Waals surface area (Å²) in [7, 11) is 1.39. The number of methoxy groups -OCH3 is 1. The zero-order valence-electron chi connectivity index (χ0n) is 11.4. The van der Waals surface area contributed by atoms with Crippen LogP contribution in [0.4, 0.5) is 0 Å². The van der Waals surface area contributed by atoms with E-state index in [2.05, 4.69) is 10.3 Å². The summed E-state index contributed by atoms with van der Waals surface area (Å²) in [6.45, 7) is 2.43. The fraction of sp³-hybridized carbons (Fsp3) is 0.400. The van der Waals surface area contributed by atoms with Crippen molar-refractivity contribution in [3.05, 3.63) is 35.5 Å². The second kappa shape index (κ2) is 5.64. The Morgan fingerprint density at radius 2 is 2.40 bits per heavy atom. The van der Waals surface area contributed by atoms with Gasteiger partial charge in [0.25, 0.3) is 0 Å². The Morgan fingerprint density at radius 3 is 3.15 bits per heavy atom. The highest BCUT2D eigenvalue weighted by Gasteiger charge is 2.16. The van der Waals surface area contributed by atoms with Gasteiger partial charge in [0.2, 0.25) is 0 Å². The number of nitrogens with one attached hydrogen (secondary N) is 2. The third kappa shape index (κ3) is 2.55. The van der Waals surface area contributed by atoms with Crippen LogP contribution in [0.15, 0.2) is 24.4 Å². The largest absolute Gasteiger partial charge is 0.465 e. The average molecular weight is 274 g/mol. The van der Waals surface area contributed by atoms with Gasteiger partial charge in [0.15, 0.2) is 0 Å². The average Bonchev–Trinajstić information content (AvgIpc) is 2.90. The summed E-state index contributed by atoms with van der Waals surface area (Å²) in [6, 6.07) is 5.95. The molecule has 20 heavy (non-hydrogen) atoms. The number of morpholine rings is 1. The third-order valence-corrected chi connectivity index (χ3v) is 3.65. The Bertz CT molecular complexity index is 615. The van der Waals surface area contributed by atoms with Crippen LogP contribution in [0.2, 0.25) is 0 Å². The Balaban J connectivity index is 1.84. The molecule has 0 unspecified atom stereocenters. The minimum absolute atomic E-state index is 0.314. The van der Waals surface area contributed by atoms with Gasteiger partial charge in [-0.05, 0) is 24.1 Å². The van der Waals surface area contributed by atoms with Crippen molar-refractivity contribution in [3.8, 4) is 0 Å². The van der Waals surface area contributed by atoms with Gasteiger partial charge >= 0.3 is 5.97 Å². The number of hydrogen-bond donors (Lipinski definition) is 2.